The summed E-state index contributed by atoms with van der Waals surface area (Å²) in [7, 11) is 0. The van der Waals surface area contributed by atoms with Crippen molar-refractivity contribution in [3.63, 3.8) is 0 Å². The molecule has 3 aromatic rings. The molecule has 6 rings (SSSR count). The molecule has 1 aromatic heterocycles. The van der Waals surface area contributed by atoms with E-state index in [1.807, 2.05) is 24.3 Å². The third-order valence-corrected chi connectivity index (χ3v) is 8.40. The van der Waals surface area contributed by atoms with E-state index in [0.717, 1.165) is 24.8 Å². The van der Waals surface area contributed by atoms with Gasteiger partial charge in [-0.15, -0.1) is 0 Å². The Kier molecular flexibility index (Phi) is 13.6. The van der Waals surface area contributed by atoms with Gasteiger partial charge in [-0.05, 0) is 97.1 Å². The molecule has 1 unspecified atom stereocenters. The number of alkyl halides is 3. The molecule has 0 radical (unpaired) electrons. The van der Waals surface area contributed by atoms with E-state index >= 15 is 0 Å². The molecule has 1 fully saturated rings. The molecule has 3 aliphatic rings. The number of aromatic nitrogens is 3. The summed E-state index contributed by atoms with van der Waals surface area (Å²) < 4.78 is 67.3. The van der Waals surface area contributed by atoms with Gasteiger partial charge in [0.05, 0.1) is 30.7 Å². The number of rotatable bonds is 5. The van der Waals surface area contributed by atoms with Gasteiger partial charge in [-0.25, -0.2) is 4.79 Å². The lowest BCUT2D eigenvalue weighted by Crippen LogP contribution is -2.45. The number of ether oxygens (including phenoxy) is 5. The van der Waals surface area contributed by atoms with Gasteiger partial charge in [-0.3, -0.25) is 9.59 Å². The number of hydrogen-bond donors (Lipinski definition) is 3. The summed E-state index contributed by atoms with van der Waals surface area (Å²) in [5.41, 5.74) is -0.300. The second kappa shape index (κ2) is 18.1. The second-order valence-electron chi connectivity index (χ2n) is 15.7. The van der Waals surface area contributed by atoms with Crippen LogP contribution < -0.4 is 30.2 Å². The Labute approximate surface area is 329 Å². The van der Waals surface area contributed by atoms with Crippen molar-refractivity contribution in [2.75, 3.05) is 43.5 Å². The highest BCUT2D eigenvalue weighted by Crippen LogP contribution is 2.29. The van der Waals surface area contributed by atoms with Gasteiger partial charge in [-0.1, -0.05) is 12.1 Å². The molecule has 6 bridgehead atoms. The highest BCUT2D eigenvalue weighted by molar-refractivity contribution is 5.98. The molecular formula is C39H50F3N7O8. The van der Waals surface area contributed by atoms with Crippen LogP contribution in [0.4, 0.5) is 35.5 Å². The van der Waals surface area contributed by atoms with Gasteiger partial charge in [-0.2, -0.15) is 28.1 Å². The van der Waals surface area contributed by atoms with Gasteiger partial charge in [0.25, 0.3) is 5.91 Å². The number of likely N-dealkylation sites (tertiary alicyclic amines) is 1. The van der Waals surface area contributed by atoms with Crippen LogP contribution in [0, 0.1) is 5.92 Å². The zero-order chi connectivity index (χ0) is 41.4. The van der Waals surface area contributed by atoms with Crippen LogP contribution in [0.3, 0.4) is 0 Å². The number of benzene rings is 2. The quantitative estimate of drug-likeness (QED) is 0.230. The van der Waals surface area contributed by atoms with Gasteiger partial charge in [0, 0.05) is 31.4 Å². The van der Waals surface area contributed by atoms with Gasteiger partial charge in [0.2, 0.25) is 11.9 Å². The normalized spacial score (nSPS) is 18.1. The van der Waals surface area contributed by atoms with Crippen LogP contribution in [-0.4, -0.2) is 94.2 Å². The van der Waals surface area contributed by atoms with E-state index in [9.17, 15) is 27.6 Å². The Morgan fingerprint density at radius 2 is 1.51 bits per heavy atom. The number of amides is 2. The third-order valence-electron chi connectivity index (χ3n) is 8.40. The van der Waals surface area contributed by atoms with E-state index in [1.54, 1.807) is 47.6 Å². The van der Waals surface area contributed by atoms with E-state index < -0.39 is 59.9 Å². The van der Waals surface area contributed by atoms with Crippen molar-refractivity contribution in [3.05, 3.63) is 53.6 Å². The van der Waals surface area contributed by atoms with Crippen LogP contribution in [0.25, 0.3) is 0 Å². The van der Waals surface area contributed by atoms with Gasteiger partial charge < -0.3 is 44.5 Å². The Morgan fingerprint density at radius 1 is 0.842 bits per heavy atom. The van der Waals surface area contributed by atoms with Crippen molar-refractivity contribution in [1.82, 2.24) is 25.2 Å². The summed E-state index contributed by atoms with van der Waals surface area (Å²) in [4.78, 5) is 54.1. The van der Waals surface area contributed by atoms with Gasteiger partial charge in [0.1, 0.15) is 22.7 Å². The minimum atomic E-state index is -4.64. The first kappa shape index (κ1) is 42.6. The third kappa shape index (κ3) is 13.6. The molecule has 4 heterocycles. The van der Waals surface area contributed by atoms with Crippen molar-refractivity contribution < 1.29 is 51.2 Å². The number of halogens is 3. The SMILES string of the molecule is CC(C)(C)OC(=O)[C@@H]1CN(C(=O)OC(C)(C)C)CC1NC(=O)c1ccc2cc1OCCCCCCOc1ccc(cc1)CNc1nc(nc(OCC(F)(F)F)n1)N2. The number of carbonyl (C=O) groups is 3. The van der Waals surface area contributed by atoms with Crippen molar-refractivity contribution in [2.24, 2.45) is 5.92 Å². The second-order valence-corrected chi connectivity index (χ2v) is 15.7. The van der Waals surface area contributed by atoms with Gasteiger partial charge >= 0.3 is 24.2 Å². The molecule has 57 heavy (non-hydrogen) atoms. The van der Waals surface area contributed by atoms with Crippen LogP contribution in [0.2, 0.25) is 0 Å². The van der Waals surface area contributed by atoms with Crippen molar-refractivity contribution in [1.29, 1.82) is 0 Å². The Balaban J connectivity index is 1.42. The van der Waals surface area contributed by atoms with E-state index in [-0.39, 0.29) is 49.5 Å². The van der Waals surface area contributed by atoms with Crippen LogP contribution in [-0.2, 0) is 20.8 Å². The maximum atomic E-state index is 14.0. The zero-order valence-electron chi connectivity index (χ0n) is 33.0. The topological polar surface area (TPSA) is 175 Å². The molecule has 310 valence electrons. The monoisotopic (exact) mass is 801 g/mol. The highest BCUT2D eigenvalue weighted by Gasteiger charge is 2.44. The fourth-order valence-corrected chi connectivity index (χ4v) is 5.84. The summed E-state index contributed by atoms with van der Waals surface area (Å²) in [6.07, 6.45) is -2.10. The van der Waals surface area contributed by atoms with Crippen molar-refractivity contribution in [3.8, 4) is 17.5 Å². The molecule has 2 aromatic carbocycles. The van der Waals surface area contributed by atoms with E-state index in [4.69, 9.17) is 23.7 Å². The molecular weight excluding hydrogens is 751 g/mol. The standard InChI is InChI=1S/C39H50F3N7O8/c1-37(2,3)56-32(51)28-21-49(36(52)57-38(4,5)6)22-29(28)45-31(50)27-16-13-25-19-30(27)54-18-10-8-7-9-17-53-26-14-11-24(12-15-26)20-43-33-46-34(44-25)48-35(47-33)55-23-39(40,41)42/h11-16,19,28-29H,7-10,17-18,20-23H2,1-6H3,(H,45,50)(H2,43,44,46,47,48)/t28-,29?/m1/s1. The maximum Gasteiger partial charge on any atom is 0.422 e. The number of nitrogens with one attached hydrogen (secondary N) is 3. The first-order valence-corrected chi connectivity index (χ1v) is 18.8. The minimum Gasteiger partial charge on any atom is -0.494 e. The predicted molar refractivity (Wildman–Crippen MR) is 203 cm³/mol. The van der Waals surface area contributed by atoms with Crippen molar-refractivity contribution in [2.45, 2.75) is 97.2 Å². The number of nitrogens with zero attached hydrogens (tertiary/aromatic N) is 4. The summed E-state index contributed by atoms with van der Waals surface area (Å²) in [5, 5.41) is 8.86. The smallest absolute Gasteiger partial charge is 0.422 e. The molecule has 2 atom stereocenters. The molecule has 3 N–H and O–H groups in total. The number of anilines is 3. The number of carbonyl (C=O) groups excluding carboxylic acids is 3. The molecule has 0 aliphatic carbocycles. The number of fused-ring (bicyclic) bond motifs is 10. The lowest BCUT2D eigenvalue weighted by molar-refractivity contribution is -0.160. The molecule has 15 nitrogen and oxygen atoms in total. The maximum absolute atomic E-state index is 14.0. The Bertz CT molecular complexity index is 1870. The molecule has 3 aliphatic heterocycles. The highest BCUT2D eigenvalue weighted by atomic mass is 19.4. The number of esters is 1. The fourth-order valence-electron chi connectivity index (χ4n) is 5.84. The van der Waals surface area contributed by atoms with E-state index in [0.29, 0.717) is 24.5 Å². The predicted octanol–water partition coefficient (Wildman–Crippen LogP) is 6.81. The first-order chi connectivity index (χ1) is 26.8. The molecule has 0 spiro atoms. The van der Waals surface area contributed by atoms with Crippen LogP contribution in [0.5, 0.6) is 17.5 Å². The Hall–Kier alpha value is -5.55. The Morgan fingerprint density at radius 3 is 2.18 bits per heavy atom. The largest absolute Gasteiger partial charge is 0.494 e. The average Bonchev–Trinajstić information content (AvgIpc) is 3.54. The number of hydrogen-bond acceptors (Lipinski definition) is 13. The van der Waals surface area contributed by atoms with Gasteiger partial charge in [0.15, 0.2) is 6.61 Å². The molecule has 18 heteroatoms. The summed E-state index contributed by atoms with van der Waals surface area (Å²) in [6.45, 7) is 9.71. The minimum absolute atomic E-state index is 0.0107. The van der Waals surface area contributed by atoms with Crippen LogP contribution >= 0.6 is 0 Å². The summed E-state index contributed by atoms with van der Waals surface area (Å²) >= 11 is 0. The van der Waals surface area contributed by atoms with E-state index in [1.165, 1.54) is 17.0 Å². The molecule has 2 amide bonds. The van der Waals surface area contributed by atoms with Crippen molar-refractivity contribution >= 4 is 35.6 Å². The average molecular weight is 802 g/mol. The lowest BCUT2D eigenvalue weighted by Gasteiger charge is -2.25. The zero-order valence-corrected chi connectivity index (χ0v) is 33.0. The molecule has 1 saturated heterocycles. The fraction of sp³-hybridized carbons (Fsp3) is 0.538. The first-order valence-electron chi connectivity index (χ1n) is 18.8. The van der Waals surface area contributed by atoms with Crippen LogP contribution in [0.1, 0.15) is 83.1 Å². The summed E-state index contributed by atoms with van der Waals surface area (Å²) in [5.74, 6) is -1.38. The molecule has 0 saturated carbocycles. The lowest BCUT2D eigenvalue weighted by atomic mass is 10.0. The van der Waals surface area contributed by atoms with E-state index in [2.05, 4.69) is 30.9 Å². The van der Waals surface area contributed by atoms with Crippen LogP contribution in [0.15, 0.2) is 42.5 Å². The summed E-state index contributed by atoms with van der Waals surface area (Å²) in [6, 6.07) is 10.5.